The zero-order valence-corrected chi connectivity index (χ0v) is 9.10. The molecule has 0 amide bonds. The second kappa shape index (κ2) is 4.26. The first kappa shape index (κ1) is 11.1. The molecule has 0 aliphatic heterocycles. The van der Waals surface area contributed by atoms with Gasteiger partial charge in [-0.1, -0.05) is 43.2 Å². The van der Waals surface area contributed by atoms with Crippen molar-refractivity contribution >= 4 is 5.97 Å². The van der Waals surface area contributed by atoms with Crippen LogP contribution in [0.25, 0.3) is 0 Å². The number of benzene rings is 1. The van der Waals surface area contributed by atoms with Gasteiger partial charge in [-0.25, -0.2) is 0 Å². The van der Waals surface area contributed by atoms with Crippen molar-refractivity contribution in [2.45, 2.75) is 37.2 Å². The predicted molar refractivity (Wildman–Crippen MR) is 60.2 cm³/mol. The smallest absolute Gasteiger partial charge is 0.316 e. The van der Waals surface area contributed by atoms with Crippen LogP contribution in [0.4, 0.5) is 0 Å². The Bertz CT molecular complexity index is 374. The third kappa shape index (κ3) is 1.61. The maximum atomic E-state index is 11.5. The summed E-state index contributed by atoms with van der Waals surface area (Å²) in [5.41, 5.74) is -0.380. The summed E-state index contributed by atoms with van der Waals surface area (Å²) in [5.74, 6) is -0.911. The first-order valence-electron chi connectivity index (χ1n) is 5.65. The monoisotopic (exact) mass is 220 g/mol. The van der Waals surface area contributed by atoms with Gasteiger partial charge < -0.3 is 10.2 Å². The highest BCUT2D eigenvalue weighted by Gasteiger charge is 2.47. The lowest BCUT2D eigenvalue weighted by atomic mass is 9.67. The number of aliphatic carboxylic acids is 1. The van der Waals surface area contributed by atoms with Gasteiger partial charge in [-0.05, 0) is 18.4 Å². The van der Waals surface area contributed by atoms with Gasteiger partial charge in [0, 0.05) is 0 Å². The average molecular weight is 220 g/mol. The molecule has 0 saturated heterocycles. The molecule has 0 spiro atoms. The van der Waals surface area contributed by atoms with E-state index in [0.29, 0.717) is 12.8 Å². The highest BCUT2D eigenvalue weighted by molar-refractivity contribution is 5.82. The molecule has 2 atom stereocenters. The van der Waals surface area contributed by atoms with Crippen LogP contribution in [0.15, 0.2) is 30.3 Å². The summed E-state index contributed by atoms with van der Waals surface area (Å²) < 4.78 is 0. The molecule has 16 heavy (non-hydrogen) atoms. The molecule has 2 N–H and O–H groups in total. The second-order valence-corrected chi connectivity index (χ2v) is 4.40. The first-order valence-corrected chi connectivity index (χ1v) is 5.65. The molecule has 86 valence electrons. The summed E-state index contributed by atoms with van der Waals surface area (Å²) in [5, 5.41) is 19.5. The molecule has 1 aromatic carbocycles. The van der Waals surface area contributed by atoms with Gasteiger partial charge in [0.25, 0.3) is 0 Å². The van der Waals surface area contributed by atoms with Crippen LogP contribution >= 0.6 is 0 Å². The highest BCUT2D eigenvalue weighted by Crippen LogP contribution is 2.39. The topological polar surface area (TPSA) is 57.5 Å². The van der Waals surface area contributed by atoms with Crippen molar-refractivity contribution in [3.63, 3.8) is 0 Å². The number of hydrogen-bond acceptors (Lipinski definition) is 2. The number of hydrogen-bond donors (Lipinski definition) is 2. The van der Waals surface area contributed by atoms with E-state index in [0.717, 1.165) is 18.4 Å². The van der Waals surface area contributed by atoms with Crippen molar-refractivity contribution in [3.05, 3.63) is 35.9 Å². The molecule has 1 aliphatic rings. The van der Waals surface area contributed by atoms with Crippen LogP contribution in [0, 0.1) is 0 Å². The molecule has 0 radical (unpaired) electrons. The van der Waals surface area contributed by atoms with Crippen LogP contribution in [-0.4, -0.2) is 22.3 Å². The summed E-state index contributed by atoms with van der Waals surface area (Å²) >= 11 is 0. The molecule has 1 aliphatic carbocycles. The summed E-state index contributed by atoms with van der Waals surface area (Å²) in [7, 11) is 0. The normalized spacial score (nSPS) is 29.9. The molecule has 1 fully saturated rings. The van der Waals surface area contributed by atoms with Crippen molar-refractivity contribution < 1.29 is 15.0 Å². The fourth-order valence-corrected chi connectivity index (χ4v) is 2.60. The maximum Gasteiger partial charge on any atom is 0.316 e. The van der Waals surface area contributed by atoms with E-state index in [-0.39, 0.29) is 0 Å². The van der Waals surface area contributed by atoms with E-state index in [1.165, 1.54) is 0 Å². The summed E-state index contributed by atoms with van der Waals surface area (Å²) in [6, 6.07) is 9.09. The largest absolute Gasteiger partial charge is 0.481 e. The molecule has 2 unspecified atom stereocenters. The van der Waals surface area contributed by atoms with Crippen LogP contribution in [-0.2, 0) is 10.2 Å². The number of carbonyl (C=O) groups is 1. The fraction of sp³-hybridized carbons (Fsp3) is 0.462. The molecule has 0 bridgehead atoms. The Balaban J connectivity index is 2.46. The Morgan fingerprint density at radius 3 is 2.50 bits per heavy atom. The lowest BCUT2D eigenvalue weighted by Gasteiger charge is -2.38. The Morgan fingerprint density at radius 2 is 1.94 bits per heavy atom. The molecule has 3 heteroatoms. The number of aliphatic hydroxyl groups is 1. The summed E-state index contributed by atoms with van der Waals surface area (Å²) in [6.07, 6.45) is 2.08. The standard InChI is InChI=1S/C13H16O3/c14-11-8-4-5-9-13(11,12(15)16)10-6-2-1-3-7-10/h1-3,6-7,11,14H,4-5,8-9H2,(H,15,16). The molecule has 3 nitrogen and oxygen atoms in total. The average Bonchev–Trinajstić information content (AvgIpc) is 2.30. The molecular formula is C13H16O3. The first-order chi connectivity index (χ1) is 7.68. The van der Waals surface area contributed by atoms with Gasteiger partial charge in [-0.2, -0.15) is 0 Å². The quantitative estimate of drug-likeness (QED) is 0.800. The van der Waals surface area contributed by atoms with Gasteiger partial charge in [0.2, 0.25) is 0 Å². The molecule has 1 aromatic rings. The van der Waals surface area contributed by atoms with Crippen LogP contribution in [0.3, 0.4) is 0 Å². The fourth-order valence-electron chi connectivity index (χ4n) is 2.60. The summed E-state index contributed by atoms with van der Waals surface area (Å²) in [6.45, 7) is 0. The molecule has 0 heterocycles. The minimum Gasteiger partial charge on any atom is -0.481 e. The minimum atomic E-state index is -1.10. The van der Waals surface area contributed by atoms with E-state index in [4.69, 9.17) is 0 Å². The van der Waals surface area contributed by atoms with Crippen molar-refractivity contribution in [2.24, 2.45) is 0 Å². The van der Waals surface area contributed by atoms with Crippen LogP contribution in [0.2, 0.25) is 0 Å². The number of carboxylic acid groups (broad SMARTS) is 1. The van der Waals surface area contributed by atoms with Crippen molar-refractivity contribution in [1.82, 2.24) is 0 Å². The van der Waals surface area contributed by atoms with E-state index in [1.807, 2.05) is 18.2 Å². The van der Waals surface area contributed by atoms with E-state index in [2.05, 4.69) is 0 Å². The summed E-state index contributed by atoms with van der Waals surface area (Å²) in [4.78, 5) is 11.5. The molecule has 0 aromatic heterocycles. The number of aliphatic hydroxyl groups excluding tert-OH is 1. The lowest BCUT2D eigenvalue weighted by molar-refractivity contribution is -0.151. The maximum absolute atomic E-state index is 11.5. The zero-order chi connectivity index (χ0) is 11.6. The number of rotatable bonds is 2. The lowest BCUT2D eigenvalue weighted by Crippen LogP contribution is -2.48. The van der Waals surface area contributed by atoms with Gasteiger partial charge in [0.15, 0.2) is 0 Å². The van der Waals surface area contributed by atoms with Crippen LogP contribution in [0.1, 0.15) is 31.2 Å². The van der Waals surface area contributed by atoms with E-state index in [9.17, 15) is 15.0 Å². The Hall–Kier alpha value is -1.35. The van der Waals surface area contributed by atoms with Crippen molar-refractivity contribution in [2.75, 3.05) is 0 Å². The molecule has 1 saturated carbocycles. The SMILES string of the molecule is O=C(O)C1(c2ccccc2)CCCCC1O. The van der Waals surface area contributed by atoms with Crippen LogP contribution < -0.4 is 0 Å². The molecular weight excluding hydrogens is 204 g/mol. The van der Waals surface area contributed by atoms with Gasteiger partial charge >= 0.3 is 5.97 Å². The molecule has 2 rings (SSSR count). The Labute approximate surface area is 94.7 Å². The number of carboxylic acids is 1. The van der Waals surface area contributed by atoms with Crippen molar-refractivity contribution in [3.8, 4) is 0 Å². The minimum absolute atomic E-state index is 0.521. The van der Waals surface area contributed by atoms with Gasteiger partial charge in [-0.3, -0.25) is 4.79 Å². The van der Waals surface area contributed by atoms with Gasteiger partial charge in [-0.15, -0.1) is 0 Å². The zero-order valence-electron chi connectivity index (χ0n) is 9.10. The van der Waals surface area contributed by atoms with E-state index in [1.54, 1.807) is 12.1 Å². The van der Waals surface area contributed by atoms with Crippen LogP contribution in [0.5, 0.6) is 0 Å². The van der Waals surface area contributed by atoms with E-state index < -0.39 is 17.5 Å². The van der Waals surface area contributed by atoms with Gasteiger partial charge in [0.05, 0.1) is 6.10 Å². The Morgan fingerprint density at radius 1 is 1.25 bits per heavy atom. The third-order valence-corrected chi connectivity index (χ3v) is 3.54. The predicted octanol–water partition coefficient (Wildman–Crippen LogP) is 1.94. The van der Waals surface area contributed by atoms with Gasteiger partial charge in [0.1, 0.15) is 5.41 Å². The highest BCUT2D eigenvalue weighted by atomic mass is 16.4. The second-order valence-electron chi connectivity index (χ2n) is 4.40. The van der Waals surface area contributed by atoms with E-state index >= 15 is 0 Å². The third-order valence-electron chi connectivity index (χ3n) is 3.54. The van der Waals surface area contributed by atoms with Crippen molar-refractivity contribution in [1.29, 1.82) is 0 Å². The Kier molecular flexibility index (Phi) is 2.97.